The van der Waals surface area contributed by atoms with E-state index < -0.39 is 13.4 Å². The van der Waals surface area contributed by atoms with Crippen LogP contribution >= 0.6 is 7.60 Å². The van der Waals surface area contributed by atoms with E-state index in [9.17, 15) is 4.57 Å². The highest BCUT2D eigenvalue weighted by Gasteiger charge is 2.41. The Morgan fingerprint density at radius 3 is 2.59 bits per heavy atom. The molecule has 1 heterocycles. The van der Waals surface area contributed by atoms with Crippen LogP contribution in [0.2, 0.25) is 0 Å². The number of hydrogen-bond acceptors (Lipinski definition) is 5. The predicted molar refractivity (Wildman–Crippen MR) is 108 cm³/mol. The molecule has 0 N–H and O–H groups in total. The predicted octanol–water partition coefficient (Wildman–Crippen LogP) is 5.10. The van der Waals surface area contributed by atoms with Crippen LogP contribution in [0.1, 0.15) is 28.9 Å². The number of ether oxygens (including phenoxy) is 1. The number of methoxy groups -OCH3 is 1. The lowest BCUT2D eigenvalue weighted by molar-refractivity contribution is 0.183. The Balaban J connectivity index is 2.06. The summed E-state index contributed by atoms with van der Waals surface area (Å²) in [6.45, 7) is 1.35. The zero-order valence-electron chi connectivity index (χ0n) is 16.0. The fourth-order valence-electron chi connectivity index (χ4n) is 3.48. The van der Waals surface area contributed by atoms with Gasteiger partial charge in [-0.3, -0.25) is 9.46 Å². The molecule has 0 saturated carbocycles. The maximum Gasteiger partial charge on any atom is 0.351 e. The Bertz CT molecular complexity index is 844. The molecule has 5 nitrogen and oxygen atoms in total. The van der Waals surface area contributed by atoms with Gasteiger partial charge in [0.1, 0.15) is 11.5 Å². The third kappa shape index (κ3) is 4.33. The summed E-state index contributed by atoms with van der Waals surface area (Å²) >= 11 is 0. The standard InChI is InChI=1S/C21H26NO4P/c1-24-19-12-8-9-17(15-19)16-22-14-7-6-11-18-10-4-5-13-20(18)21(22)27(23,25-2)26-3/h4-6,8-13,15,21H,7,14,16H2,1-3H3/b11-6-. The van der Waals surface area contributed by atoms with Crippen LogP contribution in [0.4, 0.5) is 0 Å². The first-order valence-electron chi connectivity index (χ1n) is 8.95. The van der Waals surface area contributed by atoms with E-state index >= 15 is 0 Å². The molecule has 27 heavy (non-hydrogen) atoms. The molecular weight excluding hydrogens is 361 g/mol. The monoisotopic (exact) mass is 387 g/mol. The van der Waals surface area contributed by atoms with Crippen LogP contribution in [0, 0.1) is 0 Å². The molecule has 0 saturated heterocycles. The maximum atomic E-state index is 13.5. The first-order valence-corrected chi connectivity index (χ1v) is 10.6. The summed E-state index contributed by atoms with van der Waals surface area (Å²) < 4.78 is 29.7. The Morgan fingerprint density at radius 2 is 1.85 bits per heavy atom. The molecule has 1 aliphatic rings. The first kappa shape index (κ1) is 19.8. The van der Waals surface area contributed by atoms with Gasteiger partial charge in [-0.2, -0.15) is 0 Å². The first-order chi connectivity index (χ1) is 13.1. The highest BCUT2D eigenvalue weighted by atomic mass is 31.2. The third-order valence-electron chi connectivity index (χ3n) is 4.83. The minimum Gasteiger partial charge on any atom is -0.497 e. The van der Waals surface area contributed by atoms with E-state index in [4.69, 9.17) is 13.8 Å². The van der Waals surface area contributed by atoms with Crippen LogP contribution in [-0.4, -0.2) is 32.8 Å². The molecule has 144 valence electrons. The van der Waals surface area contributed by atoms with Crippen LogP contribution in [0.15, 0.2) is 54.6 Å². The van der Waals surface area contributed by atoms with E-state index in [0.29, 0.717) is 6.54 Å². The second-order valence-corrected chi connectivity index (χ2v) is 8.72. The van der Waals surface area contributed by atoms with Crippen molar-refractivity contribution < 1.29 is 18.3 Å². The molecule has 2 aromatic carbocycles. The minimum atomic E-state index is -3.39. The quantitative estimate of drug-likeness (QED) is 0.646. The lowest BCUT2D eigenvalue weighted by atomic mass is 10.0. The van der Waals surface area contributed by atoms with E-state index in [2.05, 4.69) is 17.1 Å². The number of benzene rings is 2. The van der Waals surface area contributed by atoms with Gasteiger partial charge in [0.05, 0.1) is 7.11 Å². The highest BCUT2D eigenvalue weighted by molar-refractivity contribution is 7.54. The van der Waals surface area contributed by atoms with E-state index in [1.807, 2.05) is 48.5 Å². The molecular formula is C21H26NO4P. The summed E-state index contributed by atoms with van der Waals surface area (Å²) in [5, 5.41) is 0. The van der Waals surface area contributed by atoms with Crippen molar-refractivity contribution in [1.29, 1.82) is 0 Å². The Morgan fingerprint density at radius 1 is 1.07 bits per heavy atom. The average Bonchev–Trinajstić information content (AvgIpc) is 2.70. The number of fused-ring (bicyclic) bond motifs is 1. The van der Waals surface area contributed by atoms with Crippen LogP contribution < -0.4 is 4.74 Å². The molecule has 0 radical (unpaired) electrons. The van der Waals surface area contributed by atoms with Gasteiger partial charge in [-0.05, 0) is 35.2 Å². The molecule has 0 fully saturated rings. The van der Waals surface area contributed by atoms with Crippen molar-refractivity contribution >= 4 is 13.7 Å². The normalized spacial score (nSPS) is 19.0. The molecule has 1 aliphatic heterocycles. The van der Waals surface area contributed by atoms with Gasteiger partial charge in [-0.25, -0.2) is 0 Å². The molecule has 0 amide bonds. The molecule has 6 heteroatoms. The summed E-state index contributed by atoms with van der Waals surface area (Å²) in [5.41, 5.74) is 3.07. The maximum absolute atomic E-state index is 13.5. The lowest BCUT2D eigenvalue weighted by Gasteiger charge is -2.36. The van der Waals surface area contributed by atoms with Gasteiger partial charge < -0.3 is 13.8 Å². The van der Waals surface area contributed by atoms with Crippen molar-refractivity contribution in [3.05, 3.63) is 71.3 Å². The van der Waals surface area contributed by atoms with Crippen molar-refractivity contribution in [3.8, 4) is 5.75 Å². The highest BCUT2D eigenvalue weighted by Crippen LogP contribution is 2.62. The Hall–Kier alpha value is -1.91. The summed E-state index contributed by atoms with van der Waals surface area (Å²) in [6.07, 6.45) is 5.08. The molecule has 0 spiro atoms. The topological polar surface area (TPSA) is 48.0 Å². The molecule has 1 unspecified atom stereocenters. The minimum absolute atomic E-state index is 0.486. The molecule has 0 aromatic heterocycles. The molecule has 2 aromatic rings. The van der Waals surface area contributed by atoms with Crippen LogP contribution in [0.25, 0.3) is 6.08 Å². The van der Waals surface area contributed by atoms with Crippen LogP contribution in [-0.2, 0) is 20.2 Å². The van der Waals surface area contributed by atoms with Gasteiger partial charge in [-0.1, -0.05) is 48.6 Å². The molecule has 0 aliphatic carbocycles. The zero-order valence-corrected chi connectivity index (χ0v) is 16.9. The van der Waals surface area contributed by atoms with Crippen molar-refractivity contribution in [1.82, 2.24) is 4.90 Å². The summed E-state index contributed by atoms with van der Waals surface area (Å²) in [6, 6.07) is 15.9. The van der Waals surface area contributed by atoms with Gasteiger partial charge in [0.25, 0.3) is 0 Å². The van der Waals surface area contributed by atoms with E-state index in [0.717, 1.165) is 35.4 Å². The molecule has 1 atom stereocenters. The van der Waals surface area contributed by atoms with Crippen LogP contribution in [0.5, 0.6) is 5.75 Å². The second kappa shape index (κ2) is 8.85. The fourth-order valence-corrected chi connectivity index (χ4v) is 5.20. The van der Waals surface area contributed by atoms with Crippen molar-refractivity contribution in [3.63, 3.8) is 0 Å². The number of hydrogen-bond donors (Lipinski definition) is 0. The van der Waals surface area contributed by atoms with Gasteiger partial charge in [0.2, 0.25) is 0 Å². The van der Waals surface area contributed by atoms with E-state index in [1.165, 1.54) is 14.2 Å². The molecule has 3 rings (SSSR count). The van der Waals surface area contributed by atoms with Crippen molar-refractivity contribution in [2.45, 2.75) is 18.7 Å². The summed E-state index contributed by atoms with van der Waals surface area (Å²) in [7, 11) is 1.17. The zero-order chi connectivity index (χ0) is 19.3. The number of rotatable bonds is 6. The molecule has 0 bridgehead atoms. The van der Waals surface area contributed by atoms with Gasteiger partial charge in [0.15, 0.2) is 0 Å². The second-order valence-electron chi connectivity index (χ2n) is 6.42. The lowest BCUT2D eigenvalue weighted by Crippen LogP contribution is -2.31. The Kier molecular flexibility index (Phi) is 6.51. The van der Waals surface area contributed by atoms with Crippen molar-refractivity contribution in [2.24, 2.45) is 0 Å². The van der Waals surface area contributed by atoms with Crippen LogP contribution in [0.3, 0.4) is 0 Å². The largest absolute Gasteiger partial charge is 0.497 e. The van der Waals surface area contributed by atoms with E-state index in [-0.39, 0.29) is 0 Å². The van der Waals surface area contributed by atoms with Gasteiger partial charge in [0, 0.05) is 27.3 Å². The third-order valence-corrected chi connectivity index (χ3v) is 7.05. The average molecular weight is 387 g/mol. The smallest absolute Gasteiger partial charge is 0.351 e. The number of nitrogens with zero attached hydrogens (tertiary/aromatic N) is 1. The van der Waals surface area contributed by atoms with Crippen molar-refractivity contribution in [2.75, 3.05) is 27.9 Å². The van der Waals surface area contributed by atoms with Gasteiger partial charge >= 0.3 is 7.60 Å². The summed E-state index contributed by atoms with van der Waals surface area (Å²) in [4.78, 5) is 2.17. The van der Waals surface area contributed by atoms with E-state index in [1.54, 1.807) is 7.11 Å². The summed E-state index contributed by atoms with van der Waals surface area (Å²) in [5.74, 6) is 0.318. The Labute approximate surface area is 161 Å². The van der Waals surface area contributed by atoms with Gasteiger partial charge in [-0.15, -0.1) is 0 Å². The SMILES string of the molecule is COc1cccc(CN2CC/C=C\c3ccccc3C2P(=O)(OC)OC)c1. The fraction of sp³-hybridized carbons (Fsp3) is 0.333.